The minimum absolute atomic E-state index is 0.0745. The van der Waals surface area contributed by atoms with Gasteiger partial charge in [-0.2, -0.15) is 10.4 Å². The fraction of sp³-hybridized carbons (Fsp3) is 0.400. The molecule has 5 heterocycles. The van der Waals surface area contributed by atoms with Gasteiger partial charge in [0.15, 0.2) is 11.6 Å². The minimum Gasteiger partial charge on any atom is -0.489 e. The Morgan fingerprint density at radius 2 is 1.93 bits per heavy atom. The van der Waals surface area contributed by atoms with Gasteiger partial charge in [0, 0.05) is 42.1 Å². The number of anilines is 2. The number of rotatable bonds is 7. The molecule has 4 aromatic rings. The lowest BCUT2D eigenvalue weighted by Crippen LogP contribution is -2.51. The first-order valence-corrected chi connectivity index (χ1v) is 13.4. The van der Waals surface area contributed by atoms with Crippen LogP contribution in [0.4, 0.5) is 16.0 Å². The normalized spacial score (nSPS) is 19.4. The van der Waals surface area contributed by atoms with Crippen molar-refractivity contribution in [3.63, 3.8) is 0 Å². The number of pyridine rings is 3. The maximum absolute atomic E-state index is 14.4. The molecule has 3 atom stereocenters. The first-order chi connectivity index (χ1) is 19.0. The third-order valence-electron chi connectivity index (χ3n) is 7.21. The predicted molar refractivity (Wildman–Crippen MR) is 152 cm³/mol. The van der Waals surface area contributed by atoms with E-state index < -0.39 is 5.60 Å². The highest BCUT2D eigenvalue weighted by molar-refractivity contribution is 5.85. The maximum atomic E-state index is 14.4. The molecule has 1 aliphatic rings. The zero-order valence-corrected chi connectivity index (χ0v) is 23.4. The first kappa shape index (κ1) is 27.3. The van der Waals surface area contributed by atoms with Crippen molar-refractivity contribution < 1.29 is 14.2 Å². The highest BCUT2D eigenvalue weighted by Crippen LogP contribution is 2.33. The molecule has 2 N–H and O–H groups in total. The van der Waals surface area contributed by atoms with Gasteiger partial charge in [0.25, 0.3) is 0 Å². The van der Waals surface area contributed by atoms with E-state index in [-0.39, 0.29) is 30.3 Å². The van der Waals surface area contributed by atoms with E-state index in [1.165, 1.54) is 12.3 Å². The van der Waals surface area contributed by atoms with Crippen molar-refractivity contribution in [2.45, 2.75) is 46.3 Å². The molecule has 1 fully saturated rings. The predicted octanol–water partition coefficient (Wildman–Crippen LogP) is 4.83. The lowest BCUT2D eigenvalue weighted by Gasteiger charge is -2.42. The van der Waals surface area contributed by atoms with Crippen LogP contribution in [0.1, 0.15) is 39.0 Å². The molecule has 10 heteroatoms. The van der Waals surface area contributed by atoms with Crippen molar-refractivity contribution in [3.8, 4) is 22.9 Å². The maximum Gasteiger partial charge on any atom is 0.165 e. The molecule has 0 aromatic carbocycles. The molecule has 0 amide bonds. The summed E-state index contributed by atoms with van der Waals surface area (Å²) in [5, 5.41) is 27.4. The first-order valence-electron chi connectivity index (χ1n) is 13.4. The van der Waals surface area contributed by atoms with Gasteiger partial charge in [-0.05, 0) is 62.9 Å². The Balaban J connectivity index is 1.37. The summed E-state index contributed by atoms with van der Waals surface area (Å²) in [6, 6.07) is 11.2. The fourth-order valence-electron chi connectivity index (χ4n) is 5.30. The molecule has 0 radical (unpaired) electrons. The van der Waals surface area contributed by atoms with Gasteiger partial charge in [-0.25, -0.2) is 18.9 Å². The highest BCUT2D eigenvalue weighted by Gasteiger charge is 2.33. The second-order valence-electron chi connectivity index (χ2n) is 11.4. The van der Waals surface area contributed by atoms with E-state index >= 15 is 0 Å². The van der Waals surface area contributed by atoms with Gasteiger partial charge >= 0.3 is 0 Å². The van der Waals surface area contributed by atoms with E-state index in [2.05, 4.69) is 40.2 Å². The number of nitrogens with zero attached hydrogens (tertiary/aromatic N) is 6. The number of halogens is 1. The molecule has 208 valence electrons. The standard InChI is InChI=1S/C30H34FN7O2/c1-18-14-37(15-19(2)27(18)36-29-25(31)8-6-20(3)35-29)26-9-7-21(12-33-26)24-10-23(40-17-30(4,5)39)16-38-28(24)22(11-32)13-34-38/h6-10,12-13,16,18-19,27,39H,14-15,17H2,1-5H3,(H,35,36)/t18-,19+,27+. The van der Waals surface area contributed by atoms with Crippen molar-refractivity contribution >= 4 is 17.2 Å². The lowest BCUT2D eigenvalue weighted by atomic mass is 9.85. The zero-order valence-electron chi connectivity index (χ0n) is 23.4. The van der Waals surface area contributed by atoms with Gasteiger partial charge < -0.3 is 20.1 Å². The van der Waals surface area contributed by atoms with E-state index in [0.29, 0.717) is 22.6 Å². The van der Waals surface area contributed by atoms with Gasteiger partial charge in [-0.15, -0.1) is 0 Å². The number of aromatic nitrogens is 4. The molecule has 4 aromatic heterocycles. The van der Waals surface area contributed by atoms with Crippen molar-refractivity contribution in [2.24, 2.45) is 11.8 Å². The van der Waals surface area contributed by atoms with Crippen molar-refractivity contribution in [3.05, 3.63) is 66.0 Å². The topological polar surface area (TPSA) is 112 Å². The van der Waals surface area contributed by atoms with E-state index in [1.807, 2.05) is 25.1 Å². The van der Waals surface area contributed by atoms with Crippen LogP contribution in [0.15, 0.2) is 48.9 Å². The van der Waals surface area contributed by atoms with E-state index in [0.717, 1.165) is 35.7 Å². The lowest BCUT2D eigenvalue weighted by molar-refractivity contribution is 0.0283. The fourth-order valence-corrected chi connectivity index (χ4v) is 5.30. The Kier molecular flexibility index (Phi) is 7.34. The third-order valence-corrected chi connectivity index (χ3v) is 7.21. The van der Waals surface area contributed by atoms with Crippen molar-refractivity contribution in [1.29, 1.82) is 5.26 Å². The van der Waals surface area contributed by atoms with E-state index in [9.17, 15) is 14.8 Å². The highest BCUT2D eigenvalue weighted by atomic mass is 19.1. The summed E-state index contributed by atoms with van der Waals surface area (Å²) in [5.74, 6) is 1.78. The van der Waals surface area contributed by atoms with Crippen LogP contribution >= 0.6 is 0 Å². The molecule has 0 spiro atoms. The Morgan fingerprint density at radius 3 is 2.58 bits per heavy atom. The van der Waals surface area contributed by atoms with Gasteiger partial charge in [0.1, 0.15) is 24.2 Å². The molecule has 0 saturated carbocycles. The summed E-state index contributed by atoms with van der Waals surface area (Å²) >= 11 is 0. The Morgan fingerprint density at radius 1 is 1.18 bits per heavy atom. The summed E-state index contributed by atoms with van der Waals surface area (Å²) in [4.78, 5) is 11.4. The van der Waals surface area contributed by atoms with Crippen LogP contribution in [0, 0.1) is 35.9 Å². The third kappa shape index (κ3) is 5.70. The average molecular weight is 544 g/mol. The quantitative estimate of drug-likeness (QED) is 0.341. The summed E-state index contributed by atoms with van der Waals surface area (Å²) < 4.78 is 21.8. The molecule has 0 bridgehead atoms. The van der Waals surface area contributed by atoms with E-state index in [1.54, 1.807) is 36.8 Å². The smallest absolute Gasteiger partial charge is 0.165 e. The number of aliphatic hydroxyl groups is 1. The van der Waals surface area contributed by atoms with Crippen LogP contribution in [0.2, 0.25) is 0 Å². The number of hydrogen-bond acceptors (Lipinski definition) is 8. The number of hydrogen-bond donors (Lipinski definition) is 2. The van der Waals surface area contributed by atoms with Crippen LogP contribution in [0.25, 0.3) is 16.6 Å². The largest absolute Gasteiger partial charge is 0.489 e. The molecule has 0 aliphatic carbocycles. The monoisotopic (exact) mass is 543 g/mol. The number of aryl methyl sites for hydroxylation is 1. The van der Waals surface area contributed by atoms with Crippen molar-refractivity contribution in [1.82, 2.24) is 19.6 Å². The molecule has 0 unspecified atom stereocenters. The average Bonchev–Trinajstić information content (AvgIpc) is 3.34. The van der Waals surface area contributed by atoms with Gasteiger partial charge in [-0.1, -0.05) is 13.8 Å². The molecule has 9 nitrogen and oxygen atoms in total. The molecule has 5 rings (SSSR count). The summed E-state index contributed by atoms with van der Waals surface area (Å²) in [6.45, 7) is 11.1. The second-order valence-corrected chi connectivity index (χ2v) is 11.4. The molecule has 40 heavy (non-hydrogen) atoms. The number of nitriles is 1. The van der Waals surface area contributed by atoms with Gasteiger partial charge in [0.2, 0.25) is 0 Å². The SMILES string of the molecule is Cc1ccc(F)c(N[C@H]2[C@H](C)CN(c3ccc(-c4cc(OCC(C)(C)O)cn5ncc(C#N)c45)cn3)C[C@@H]2C)n1. The number of nitrogens with one attached hydrogen (secondary N) is 1. The summed E-state index contributed by atoms with van der Waals surface area (Å²) in [7, 11) is 0. The molecular weight excluding hydrogens is 509 g/mol. The second kappa shape index (κ2) is 10.7. The van der Waals surface area contributed by atoms with Gasteiger partial charge in [0.05, 0.1) is 29.1 Å². The van der Waals surface area contributed by atoms with Crippen LogP contribution in [-0.2, 0) is 0 Å². The molecule has 1 aliphatic heterocycles. The Labute approximate surface area is 233 Å². The zero-order chi connectivity index (χ0) is 28.6. The van der Waals surface area contributed by atoms with Crippen LogP contribution in [0.5, 0.6) is 5.75 Å². The van der Waals surface area contributed by atoms with Crippen LogP contribution in [0.3, 0.4) is 0 Å². The van der Waals surface area contributed by atoms with Gasteiger partial charge in [-0.3, -0.25) is 0 Å². The molecular formula is C30H34FN7O2. The van der Waals surface area contributed by atoms with Crippen molar-refractivity contribution in [2.75, 3.05) is 29.9 Å². The minimum atomic E-state index is -0.998. The number of piperidine rings is 1. The Hall–Kier alpha value is -4.23. The Bertz CT molecular complexity index is 1540. The molecule has 1 saturated heterocycles. The number of ether oxygens (including phenoxy) is 1. The van der Waals surface area contributed by atoms with Crippen LogP contribution in [-0.4, -0.2) is 56.0 Å². The summed E-state index contributed by atoms with van der Waals surface area (Å²) in [5.41, 5.74) is 2.47. The summed E-state index contributed by atoms with van der Waals surface area (Å²) in [6.07, 6.45) is 5.02. The van der Waals surface area contributed by atoms with Crippen LogP contribution < -0.4 is 15.0 Å². The number of fused-ring (bicyclic) bond motifs is 1. The van der Waals surface area contributed by atoms with E-state index in [4.69, 9.17) is 9.72 Å².